The molecular formula is C19H10Cl2F2N2O2S. The van der Waals surface area contributed by atoms with Gasteiger partial charge in [-0.05, 0) is 42.5 Å². The lowest BCUT2D eigenvalue weighted by Gasteiger charge is -2.11. The molecule has 1 aromatic heterocycles. The first-order valence-electron chi connectivity index (χ1n) is 7.66. The Balaban J connectivity index is 2.00. The molecule has 0 saturated heterocycles. The lowest BCUT2D eigenvalue weighted by Crippen LogP contribution is -2.15. The van der Waals surface area contributed by atoms with Gasteiger partial charge >= 0.3 is 0 Å². The molecule has 9 heteroatoms. The molecular weight excluding hydrogens is 429 g/mol. The molecule has 0 aliphatic heterocycles. The van der Waals surface area contributed by atoms with Gasteiger partial charge in [-0.15, -0.1) is 0 Å². The maximum atomic E-state index is 14.7. The Morgan fingerprint density at radius 1 is 1.04 bits per heavy atom. The zero-order valence-electron chi connectivity index (χ0n) is 13.9. The molecule has 0 radical (unpaired) electrons. The van der Waals surface area contributed by atoms with E-state index in [0.29, 0.717) is 5.56 Å². The van der Waals surface area contributed by atoms with Gasteiger partial charge in [0.1, 0.15) is 10.7 Å². The van der Waals surface area contributed by atoms with Gasteiger partial charge in [0.05, 0.1) is 16.3 Å². The van der Waals surface area contributed by atoms with Crippen LogP contribution in [0.15, 0.2) is 59.8 Å². The summed E-state index contributed by atoms with van der Waals surface area (Å²) >= 11 is 11.7. The number of anilines is 1. The summed E-state index contributed by atoms with van der Waals surface area (Å²) in [5.74, 6) is 2.85. The van der Waals surface area contributed by atoms with Crippen molar-refractivity contribution in [2.75, 3.05) is 4.72 Å². The van der Waals surface area contributed by atoms with E-state index in [4.69, 9.17) is 23.2 Å². The first-order chi connectivity index (χ1) is 13.3. The number of pyridine rings is 1. The van der Waals surface area contributed by atoms with Gasteiger partial charge in [0, 0.05) is 23.0 Å². The Kier molecular flexibility index (Phi) is 5.84. The maximum absolute atomic E-state index is 14.7. The fourth-order valence-electron chi connectivity index (χ4n) is 2.20. The number of nitrogens with zero attached hydrogens (tertiary/aromatic N) is 1. The van der Waals surface area contributed by atoms with Crippen LogP contribution in [0, 0.1) is 23.5 Å². The quantitative estimate of drug-likeness (QED) is 0.593. The van der Waals surface area contributed by atoms with Crippen LogP contribution in [0.1, 0.15) is 11.1 Å². The Morgan fingerprint density at radius 2 is 1.82 bits per heavy atom. The van der Waals surface area contributed by atoms with Crippen LogP contribution in [0.5, 0.6) is 0 Å². The van der Waals surface area contributed by atoms with Gasteiger partial charge in [-0.25, -0.2) is 17.2 Å². The fraction of sp³-hybridized carbons (Fsp3) is 0. The zero-order chi connectivity index (χ0) is 20.3. The summed E-state index contributed by atoms with van der Waals surface area (Å²) in [5.41, 5.74) is -0.618. The first-order valence-corrected chi connectivity index (χ1v) is 9.90. The Bertz CT molecular complexity index is 1210. The van der Waals surface area contributed by atoms with E-state index in [0.717, 1.165) is 18.2 Å². The normalized spacial score (nSPS) is 10.9. The molecule has 0 atom stereocenters. The van der Waals surface area contributed by atoms with Crippen molar-refractivity contribution >= 4 is 38.9 Å². The third-order valence-electron chi connectivity index (χ3n) is 3.51. The molecule has 0 unspecified atom stereocenters. The van der Waals surface area contributed by atoms with Crippen molar-refractivity contribution in [3.8, 4) is 11.8 Å². The van der Waals surface area contributed by atoms with Gasteiger partial charge < -0.3 is 0 Å². The minimum absolute atomic E-state index is 0.101. The van der Waals surface area contributed by atoms with Crippen LogP contribution >= 0.6 is 23.2 Å². The summed E-state index contributed by atoms with van der Waals surface area (Å²) in [6.07, 6.45) is 2.96. The number of nitrogens with one attached hydrogen (secondary N) is 1. The second kappa shape index (κ2) is 8.15. The summed E-state index contributed by atoms with van der Waals surface area (Å²) in [4.78, 5) is 3.51. The van der Waals surface area contributed by atoms with E-state index in [9.17, 15) is 17.2 Å². The third-order valence-corrected chi connectivity index (χ3v) is 5.59. The van der Waals surface area contributed by atoms with Crippen LogP contribution in [-0.4, -0.2) is 13.4 Å². The Hall–Kier alpha value is -2.66. The smallest absolute Gasteiger partial charge is 0.263 e. The largest absolute Gasteiger partial charge is 0.277 e. The van der Waals surface area contributed by atoms with Crippen molar-refractivity contribution in [1.29, 1.82) is 0 Å². The third kappa shape index (κ3) is 4.42. The average Bonchev–Trinajstić information content (AvgIpc) is 2.66. The lowest BCUT2D eigenvalue weighted by atomic mass is 10.1. The van der Waals surface area contributed by atoms with E-state index in [1.165, 1.54) is 24.5 Å². The van der Waals surface area contributed by atoms with Crippen LogP contribution in [-0.2, 0) is 10.0 Å². The molecule has 0 spiro atoms. The molecule has 3 aromatic rings. The molecule has 0 amide bonds. The Morgan fingerprint density at radius 3 is 2.54 bits per heavy atom. The molecule has 4 nitrogen and oxygen atoms in total. The van der Waals surface area contributed by atoms with Crippen molar-refractivity contribution in [3.63, 3.8) is 0 Å². The number of benzene rings is 2. The summed E-state index contributed by atoms with van der Waals surface area (Å²) in [6, 6.07) is 8.93. The van der Waals surface area contributed by atoms with Crippen molar-refractivity contribution in [3.05, 3.63) is 87.7 Å². The van der Waals surface area contributed by atoms with E-state index in [-0.39, 0.29) is 14.9 Å². The fourth-order valence-corrected chi connectivity index (χ4v) is 4.02. The van der Waals surface area contributed by atoms with E-state index >= 15 is 0 Å². The van der Waals surface area contributed by atoms with Gasteiger partial charge in [0.2, 0.25) is 0 Å². The number of halogens is 4. The summed E-state index contributed by atoms with van der Waals surface area (Å²) < 4.78 is 55.9. The van der Waals surface area contributed by atoms with Crippen LogP contribution in [0.2, 0.25) is 10.0 Å². The highest BCUT2D eigenvalue weighted by Crippen LogP contribution is 2.28. The van der Waals surface area contributed by atoms with Crippen LogP contribution in [0.25, 0.3) is 0 Å². The van der Waals surface area contributed by atoms with Gasteiger partial charge in [-0.2, -0.15) is 0 Å². The predicted octanol–water partition coefficient (Wildman–Crippen LogP) is 4.87. The number of aromatic nitrogens is 1. The summed E-state index contributed by atoms with van der Waals surface area (Å²) in [6.45, 7) is 0. The molecule has 0 fully saturated rings. The average molecular weight is 439 g/mol. The summed E-state index contributed by atoms with van der Waals surface area (Å²) in [5, 5.41) is 0.0309. The minimum atomic E-state index is -4.27. The second-order valence-corrected chi connectivity index (χ2v) is 7.95. The topological polar surface area (TPSA) is 59.1 Å². The second-order valence-electron chi connectivity index (χ2n) is 5.46. The van der Waals surface area contributed by atoms with Gasteiger partial charge in [-0.1, -0.05) is 35.0 Å². The van der Waals surface area contributed by atoms with E-state index < -0.39 is 32.9 Å². The highest BCUT2D eigenvalue weighted by Gasteiger charge is 2.22. The monoisotopic (exact) mass is 438 g/mol. The van der Waals surface area contributed by atoms with Crippen molar-refractivity contribution in [2.24, 2.45) is 0 Å². The predicted molar refractivity (Wildman–Crippen MR) is 104 cm³/mol. The molecule has 142 valence electrons. The van der Waals surface area contributed by atoms with Crippen LogP contribution in [0.3, 0.4) is 0 Å². The minimum Gasteiger partial charge on any atom is -0.277 e. The van der Waals surface area contributed by atoms with Crippen molar-refractivity contribution in [1.82, 2.24) is 4.98 Å². The SMILES string of the molecule is O=S(=O)(Nc1ccc(F)c(C#Cc2cccnc2)c1F)c1cc(Cl)ccc1Cl. The molecule has 2 aromatic carbocycles. The maximum Gasteiger partial charge on any atom is 0.263 e. The van der Waals surface area contributed by atoms with E-state index in [1.807, 2.05) is 4.72 Å². The first kappa shape index (κ1) is 20.1. The molecule has 0 saturated carbocycles. The standard InChI is InChI=1S/C19H10Cl2F2N2O2S/c20-13-4-6-15(21)18(10-13)28(26,27)25-17-8-7-16(22)14(19(17)23)5-3-12-2-1-9-24-11-12/h1-2,4,6-11,25H. The molecule has 1 heterocycles. The van der Waals surface area contributed by atoms with Crippen molar-refractivity contribution in [2.45, 2.75) is 4.90 Å². The van der Waals surface area contributed by atoms with Gasteiger partial charge in [-0.3, -0.25) is 9.71 Å². The molecule has 0 aliphatic carbocycles. The molecule has 3 rings (SSSR count). The van der Waals surface area contributed by atoms with Gasteiger partial charge in [0.25, 0.3) is 10.0 Å². The number of rotatable bonds is 3. The Labute approximate surface area is 170 Å². The van der Waals surface area contributed by atoms with E-state index in [1.54, 1.807) is 12.1 Å². The van der Waals surface area contributed by atoms with E-state index in [2.05, 4.69) is 16.8 Å². The molecule has 0 aliphatic rings. The molecule has 28 heavy (non-hydrogen) atoms. The molecule has 0 bridgehead atoms. The number of hydrogen-bond acceptors (Lipinski definition) is 3. The lowest BCUT2D eigenvalue weighted by molar-refractivity contribution is 0.578. The number of hydrogen-bond donors (Lipinski definition) is 1. The number of sulfonamides is 1. The van der Waals surface area contributed by atoms with Crippen LogP contribution in [0.4, 0.5) is 14.5 Å². The molecule has 1 N–H and O–H groups in total. The highest BCUT2D eigenvalue weighted by atomic mass is 35.5. The van der Waals surface area contributed by atoms with Crippen molar-refractivity contribution < 1.29 is 17.2 Å². The van der Waals surface area contributed by atoms with Crippen LogP contribution < -0.4 is 4.72 Å². The summed E-state index contributed by atoms with van der Waals surface area (Å²) in [7, 11) is -4.27. The van der Waals surface area contributed by atoms with Gasteiger partial charge in [0.15, 0.2) is 5.82 Å². The zero-order valence-corrected chi connectivity index (χ0v) is 16.2. The highest BCUT2D eigenvalue weighted by molar-refractivity contribution is 7.92.